The molecule has 12 heteroatoms. The summed E-state index contributed by atoms with van der Waals surface area (Å²) in [6, 6.07) is 12.4. The monoisotopic (exact) mass is 558 g/mol. The molecule has 6 rings (SSSR count). The molecule has 208 valence electrons. The topological polar surface area (TPSA) is 124 Å². The number of nitrogens with zero attached hydrogens (tertiary/aromatic N) is 4. The lowest BCUT2D eigenvalue weighted by Crippen LogP contribution is -2.40. The van der Waals surface area contributed by atoms with Crippen LogP contribution in [0.15, 0.2) is 71.8 Å². The van der Waals surface area contributed by atoms with Gasteiger partial charge in [-0.3, -0.25) is 14.7 Å². The van der Waals surface area contributed by atoms with Gasteiger partial charge in [0.2, 0.25) is 0 Å². The Hall–Kier alpha value is -4.97. The van der Waals surface area contributed by atoms with Gasteiger partial charge in [0.15, 0.2) is 28.8 Å². The molecule has 1 aliphatic carbocycles. The Kier molecular flexibility index (Phi) is 6.98. The number of rotatable bonds is 9. The number of fused-ring (bicyclic) bond motifs is 1. The van der Waals surface area contributed by atoms with Gasteiger partial charge in [0.1, 0.15) is 17.0 Å². The van der Waals surface area contributed by atoms with E-state index in [1.807, 2.05) is 0 Å². The van der Waals surface area contributed by atoms with E-state index < -0.39 is 23.0 Å². The molecule has 2 N–H and O–H groups in total. The van der Waals surface area contributed by atoms with Crippen LogP contribution in [0.3, 0.4) is 0 Å². The number of H-pyrrole nitrogens is 1. The van der Waals surface area contributed by atoms with E-state index in [-0.39, 0.29) is 29.9 Å². The van der Waals surface area contributed by atoms with Crippen LogP contribution in [0.25, 0.3) is 16.7 Å². The maximum atomic E-state index is 15.2. The zero-order valence-electron chi connectivity index (χ0n) is 21.8. The Balaban J connectivity index is 1.19. The van der Waals surface area contributed by atoms with Crippen LogP contribution in [0, 0.1) is 11.6 Å². The number of aromatic amines is 1. The molecule has 3 heterocycles. The fraction of sp³-hybridized carbons (Fsp3) is 0.207. The molecule has 0 atom stereocenters. The standard InChI is InChI=1S/C29H24F2N6O4/c1-40-20-14-18(15-20)34-28-26-25(9-10-32-27(26)35-36-28)41-24-7-2-16(12-22(24)31)13-23(38)21-8-11-33-37(29(21)39)19-5-3-17(30)4-6-19/h2-12,18,20H,13-15H2,1H3,(H2,32,34,35,36). The molecule has 5 aromatic rings. The molecular formula is C29H24F2N6O4. The van der Waals surface area contributed by atoms with E-state index in [4.69, 9.17) is 9.47 Å². The number of methoxy groups -OCH3 is 1. The summed E-state index contributed by atoms with van der Waals surface area (Å²) in [5, 5.41) is 15.1. The molecule has 2 aromatic carbocycles. The Morgan fingerprint density at radius 1 is 1.07 bits per heavy atom. The molecule has 10 nitrogen and oxygen atoms in total. The highest BCUT2D eigenvalue weighted by molar-refractivity contribution is 5.97. The van der Waals surface area contributed by atoms with Gasteiger partial charge in [0, 0.05) is 38.0 Å². The van der Waals surface area contributed by atoms with Crippen molar-refractivity contribution in [1.29, 1.82) is 0 Å². The van der Waals surface area contributed by atoms with E-state index in [0.717, 1.165) is 17.5 Å². The number of halogens is 2. The van der Waals surface area contributed by atoms with Gasteiger partial charge in [-0.25, -0.2) is 13.8 Å². The summed E-state index contributed by atoms with van der Waals surface area (Å²) in [4.78, 5) is 30.2. The molecule has 41 heavy (non-hydrogen) atoms. The first-order valence-corrected chi connectivity index (χ1v) is 12.9. The number of aromatic nitrogens is 5. The van der Waals surface area contributed by atoms with Gasteiger partial charge < -0.3 is 14.8 Å². The summed E-state index contributed by atoms with van der Waals surface area (Å²) >= 11 is 0. The molecular weight excluding hydrogens is 534 g/mol. The van der Waals surface area contributed by atoms with Crippen molar-refractivity contribution in [2.45, 2.75) is 31.4 Å². The number of hydrogen-bond donors (Lipinski definition) is 2. The minimum Gasteiger partial charge on any atom is -0.453 e. The lowest BCUT2D eigenvalue weighted by molar-refractivity contribution is 0.0328. The van der Waals surface area contributed by atoms with Crippen molar-refractivity contribution in [2.75, 3.05) is 12.4 Å². The Labute approximate surface area is 231 Å². The molecule has 0 radical (unpaired) electrons. The number of carbonyl (C=O) groups excluding carboxylic acids is 1. The molecule has 1 fully saturated rings. The fourth-order valence-corrected chi connectivity index (χ4v) is 4.71. The number of nitrogens with one attached hydrogen (secondary N) is 2. The predicted molar refractivity (Wildman–Crippen MR) is 146 cm³/mol. The summed E-state index contributed by atoms with van der Waals surface area (Å²) in [5.41, 5.74) is 0.376. The number of ketones is 1. The summed E-state index contributed by atoms with van der Waals surface area (Å²) in [6.45, 7) is 0. The van der Waals surface area contributed by atoms with Gasteiger partial charge in [-0.15, -0.1) is 0 Å². The maximum absolute atomic E-state index is 15.2. The van der Waals surface area contributed by atoms with Gasteiger partial charge in [-0.2, -0.15) is 14.9 Å². The SMILES string of the molecule is COC1CC(Nc2n[nH]c3nccc(Oc4ccc(CC(=O)c5ccnn(-c6ccc(F)cc6)c5=O)cc4F)c23)C1. The first kappa shape index (κ1) is 26.3. The van der Waals surface area contributed by atoms with Crippen LogP contribution in [0.4, 0.5) is 14.6 Å². The van der Waals surface area contributed by atoms with E-state index >= 15 is 4.39 Å². The molecule has 0 amide bonds. The van der Waals surface area contributed by atoms with E-state index in [2.05, 4.69) is 25.6 Å². The third-order valence-electron chi connectivity index (χ3n) is 6.99. The van der Waals surface area contributed by atoms with E-state index in [1.165, 1.54) is 54.9 Å². The number of Topliss-reactive ketones (excluding diaryl/α,β-unsaturated/α-hetero) is 1. The van der Waals surface area contributed by atoms with E-state index in [1.54, 1.807) is 19.2 Å². The zero-order chi connectivity index (χ0) is 28.5. The predicted octanol–water partition coefficient (Wildman–Crippen LogP) is 4.59. The van der Waals surface area contributed by atoms with Crippen LogP contribution < -0.4 is 15.6 Å². The van der Waals surface area contributed by atoms with Gasteiger partial charge in [-0.05, 0) is 60.9 Å². The highest BCUT2D eigenvalue weighted by Gasteiger charge is 2.30. The normalized spacial score (nSPS) is 16.4. The van der Waals surface area contributed by atoms with Gasteiger partial charge >= 0.3 is 0 Å². The van der Waals surface area contributed by atoms with E-state index in [0.29, 0.717) is 33.9 Å². The lowest BCUT2D eigenvalue weighted by Gasteiger charge is -2.34. The van der Waals surface area contributed by atoms with Crippen LogP contribution in [-0.2, 0) is 11.2 Å². The lowest BCUT2D eigenvalue weighted by atomic mass is 9.89. The van der Waals surface area contributed by atoms with Crippen LogP contribution in [0.5, 0.6) is 11.5 Å². The maximum Gasteiger partial charge on any atom is 0.282 e. The smallest absolute Gasteiger partial charge is 0.282 e. The van der Waals surface area contributed by atoms with Gasteiger partial charge in [0.25, 0.3) is 5.56 Å². The molecule has 0 spiro atoms. The number of anilines is 1. The largest absolute Gasteiger partial charge is 0.453 e. The molecule has 0 unspecified atom stereocenters. The minimum atomic E-state index is -0.682. The molecule has 0 aliphatic heterocycles. The first-order chi connectivity index (χ1) is 19.9. The average Bonchev–Trinajstić information content (AvgIpc) is 3.36. The highest BCUT2D eigenvalue weighted by atomic mass is 19.1. The molecule has 1 saturated carbocycles. The fourth-order valence-electron chi connectivity index (χ4n) is 4.71. The average molecular weight is 559 g/mol. The summed E-state index contributed by atoms with van der Waals surface area (Å²) in [5.74, 6) is -0.806. The quantitative estimate of drug-likeness (QED) is 0.252. The van der Waals surface area contributed by atoms with Crippen molar-refractivity contribution in [1.82, 2.24) is 25.0 Å². The number of carbonyl (C=O) groups is 1. The molecule has 0 bridgehead atoms. The Morgan fingerprint density at radius 2 is 1.88 bits per heavy atom. The zero-order valence-corrected chi connectivity index (χ0v) is 21.8. The van der Waals surface area contributed by atoms with Crippen LogP contribution in [0.2, 0.25) is 0 Å². The second kappa shape index (κ2) is 10.9. The third kappa shape index (κ3) is 5.29. The highest BCUT2D eigenvalue weighted by Crippen LogP contribution is 2.36. The number of ether oxygens (including phenoxy) is 2. The Bertz CT molecular complexity index is 1800. The second-order valence-electron chi connectivity index (χ2n) is 9.68. The van der Waals surface area contributed by atoms with Crippen LogP contribution >= 0.6 is 0 Å². The molecule has 3 aromatic heterocycles. The van der Waals surface area contributed by atoms with Crippen molar-refractivity contribution >= 4 is 22.6 Å². The van der Waals surface area contributed by atoms with Gasteiger partial charge in [0.05, 0.1) is 17.4 Å². The summed E-state index contributed by atoms with van der Waals surface area (Å²) in [7, 11) is 1.68. The van der Waals surface area contributed by atoms with Crippen molar-refractivity contribution in [2.24, 2.45) is 0 Å². The van der Waals surface area contributed by atoms with Gasteiger partial charge in [-0.1, -0.05) is 6.07 Å². The number of hydrogen-bond acceptors (Lipinski definition) is 8. The first-order valence-electron chi connectivity index (χ1n) is 12.9. The number of pyridine rings is 1. The van der Waals surface area contributed by atoms with Crippen LogP contribution in [-0.4, -0.2) is 50.0 Å². The third-order valence-corrected chi connectivity index (χ3v) is 6.99. The Morgan fingerprint density at radius 3 is 2.63 bits per heavy atom. The van der Waals surface area contributed by atoms with Crippen molar-refractivity contribution < 1.29 is 23.0 Å². The van der Waals surface area contributed by atoms with Crippen molar-refractivity contribution in [3.63, 3.8) is 0 Å². The summed E-state index contributed by atoms with van der Waals surface area (Å²) < 4.78 is 40.7. The van der Waals surface area contributed by atoms with E-state index in [9.17, 15) is 14.0 Å². The summed E-state index contributed by atoms with van der Waals surface area (Å²) in [6.07, 6.45) is 4.51. The minimum absolute atomic E-state index is 0.0495. The van der Waals surface area contributed by atoms with Crippen molar-refractivity contribution in [3.05, 3.63) is 100 Å². The number of benzene rings is 2. The van der Waals surface area contributed by atoms with Crippen LogP contribution in [0.1, 0.15) is 28.8 Å². The molecule has 0 saturated heterocycles. The second-order valence-corrected chi connectivity index (χ2v) is 9.68. The molecule has 1 aliphatic rings. The van der Waals surface area contributed by atoms with Crippen molar-refractivity contribution in [3.8, 4) is 17.2 Å².